The van der Waals surface area contributed by atoms with Crippen LogP contribution in [0.15, 0.2) is 109 Å². The Bertz CT molecular complexity index is 3310. The minimum atomic E-state index is -1.00. The van der Waals surface area contributed by atoms with E-state index in [0.717, 1.165) is 116 Å². The van der Waals surface area contributed by atoms with Crippen LogP contribution in [0.1, 0.15) is 108 Å². The molecule has 5 aromatic carbocycles. The van der Waals surface area contributed by atoms with Gasteiger partial charge in [-0.1, -0.05) is 19.0 Å². The maximum Gasteiger partial charge on any atom is 1.00 e. The maximum absolute atomic E-state index is 14.2. The number of quaternary nitrogens is 4. The number of piperidine rings is 2. The fraction of sp³-hybridized carbons (Fsp3) is 0.493. The summed E-state index contributed by atoms with van der Waals surface area (Å²) in [7, 11) is 2.68. The molecule has 0 N–H and O–H groups in total. The summed E-state index contributed by atoms with van der Waals surface area (Å²) in [6, 6.07) is 25.8. The maximum atomic E-state index is 14.2. The number of esters is 1. The van der Waals surface area contributed by atoms with Crippen molar-refractivity contribution in [2.45, 2.75) is 111 Å². The number of aliphatic carboxylic acids is 1. The molecule has 2 aliphatic rings. The molecule has 2 unspecified atom stereocenters. The molecule has 0 spiro atoms. The molecular formula is C67H90Br2ClF5N7NaO16+2. The minimum absolute atomic E-state index is 0. The number of nitro groups is 3. The molecule has 23 nitrogen and oxygen atoms in total. The third kappa shape index (κ3) is 34.2. The van der Waals surface area contributed by atoms with E-state index in [1.807, 2.05) is 26.1 Å². The van der Waals surface area contributed by atoms with Gasteiger partial charge in [-0.25, -0.2) is 27.2 Å². The molecule has 2 heterocycles. The Morgan fingerprint density at radius 1 is 0.556 bits per heavy atom. The van der Waals surface area contributed by atoms with Gasteiger partial charge in [-0.3, -0.25) is 39.5 Å². The summed E-state index contributed by atoms with van der Waals surface area (Å²) in [5.74, 6) is -4.09. The zero-order chi connectivity index (χ0) is 70.7. The van der Waals surface area contributed by atoms with E-state index in [1.165, 1.54) is 73.5 Å². The standard InChI is InChI=1S/C30H41F2N3O7.C19H20ClF2N2O5.C16H22N2O4.CH3F.CH4.2BrH.Na/c1-3-34(2,22-25-11-12-26(31)20-28(25)32)18-19-40-30(37)42-23-41-29(36)8-7-17-35(15-5-4-6-16-35)21-24-9-13-27(14-10-24)33(38)39;1-24(8-9-28-19(25)29-13-20,12-15-4-5-16(21)10-18(15)22)11-14-2-6-17(7-3-14)23(26)27;19-16(20)5-4-12-18(10-2-1-3-11-18)13-14-6-8-15(9-7-14)17(21)22;1-2;;;;/h9-14,20H,3-8,15-19,21-23H2,1-2H3;2-7,10H,8-9,11-13H2,1H3;6-9H,1-5,10-13H2;1H3;1H4;2*1H;/q+2;+1;;;;;;+1/p-2/i;;;1D;;;;. The Labute approximate surface area is 624 Å². The van der Waals surface area contributed by atoms with Crippen molar-refractivity contribution in [1.82, 2.24) is 0 Å². The monoisotopic (exact) mass is 1560 g/mol. The van der Waals surface area contributed by atoms with Gasteiger partial charge < -0.3 is 85.5 Å². The molecule has 0 aliphatic carbocycles. The number of nitro benzene ring substituents is 3. The second-order valence-corrected chi connectivity index (χ2v) is 24.2. The average Bonchev–Trinajstić information content (AvgIpc) is 0.850. The molecule has 2 atom stereocenters. The van der Waals surface area contributed by atoms with Gasteiger partial charge in [-0.2, -0.15) is 0 Å². The summed E-state index contributed by atoms with van der Waals surface area (Å²) in [4.78, 5) is 77.4. The fourth-order valence-electron chi connectivity index (χ4n) is 11.5. The van der Waals surface area contributed by atoms with Crippen LogP contribution in [0.2, 0.25) is 0 Å². The first-order valence-corrected chi connectivity index (χ1v) is 31.5. The summed E-state index contributed by atoms with van der Waals surface area (Å²) in [5.41, 5.74) is 3.65. The van der Waals surface area contributed by atoms with Crippen molar-refractivity contribution in [1.29, 1.82) is 0 Å². The zero-order valence-electron chi connectivity index (χ0n) is 56.6. The number of hydrogen-bond donors (Lipinski definition) is 0. The first-order valence-electron chi connectivity index (χ1n) is 31.7. The number of rotatable bonds is 31. The first kappa shape index (κ1) is 90.5. The molecule has 99 heavy (non-hydrogen) atoms. The molecule has 0 aromatic heterocycles. The number of ether oxygens (including phenoxy) is 5. The zero-order valence-corrected chi connectivity index (χ0v) is 61.5. The minimum Gasteiger partial charge on any atom is -1.00 e. The van der Waals surface area contributed by atoms with E-state index in [2.05, 4.69) is 4.74 Å². The average molecular weight is 1560 g/mol. The Kier molecular flexibility index (Phi) is 43.5. The van der Waals surface area contributed by atoms with Gasteiger partial charge in [-0.05, 0) is 113 Å². The molecule has 7 rings (SSSR count). The second-order valence-electron chi connectivity index (χ2n) is 24.0. The predicted molar refractivity (Wildman–Crippen MR) is 344 cm³/mol. The second kappa shape index (κ2) is 47.6. The van der Waals surface area contributed by atoms with Gasteiger partial charge in [0.05, 0.1) is 89.6 Å². The third-order valence-electron chi connectivity index (χ3n) is 16.8. The normalized spacial score (nSPS) is 14.5. The molecule has 32 heteroatoms. The van der Waals surface area contributed by atoms with Gasteiger partial charge in [0.2, 0.25) is 6.79 Å². The van der Waals surface area contributed by atoms with Crippen molar-refractivity contribution in [2.75, 3.05) is 106 Å². The topological polar surface area (TPSA) is 267 Å². The van der Waals surface area contributed by atoms with Crippen LogP contribution in [0.4, 0.5) is 48.6 Å². The number of carbonyl (C=O) groups excluding carboxylic acids is 4. The molecule has 544 valence electrons. The Morgan fingerprint density at radius 3 is 1.30 bits per heavy atom. The van der Waals surface area contributed by atoms with E-state index in [1.54, 1.807) is 31.3 Å². The number of likely N-dealkylation sites (N-methyl/N-ethyl adjacent to an activating group) is 2. The summed E-state index contributed by atoms with van der Waals surface area (Å²) in [5, 5.41) is 43.1. The van der Waals surface area contributed by atoms with Crippen molar-refractivity contribution in [3.8, 4) is 0 Å². The van der Waals surface area contributed by atoms with Crippen molar-refractivity contribution in [2.24, 2.45) is 0 Å². The van der Waals surface area contributed by atoms with Crippen LogP contribution >= 0.6 is 11.6 Å². The van der Waals surface area contributed by atoms with Gasteiger partial charge in [0.15, 0.2) is 6.07 Å². The van der Waals surface area contributed by atoms with Crippen LogP contribution in [0.5, 0.6) is 0 Å². The fourth-order valence-corrected chi connectivity index (χ4v) is 11.6. The van der Waals surface area contributed by atoms with Gasteiger partial charge in [0, 0.05) is 95.2 Å². The number of non-ortho nitro benzene ring substituents is 3. The van der Waals surface area contributed by atoms with Gasteiger partial charge in [0.1, 0.15) is 82.3 Å². The number of hydrogen-bond acceptors (Lipinski definition) is 16. The van der Waals surface area contributed by atoms with Crippen LogP contribution in [0.3, 0.4) is 0 Å². The van der Waals surface area contributed by atoms with Crippen LogP contribution < -0.4 is 68.6 Å². The van der Waals surface area contributed by atoms with Gasteiger partial charge >= 0.3 is 47.8 Å². The predicted octanol–water partition coefficient (Wildman–Crippen LogP) is 3.70. The Hall–Kier alpha value is -6.48. The molecule has 0 radical (unpaired) electrons. The number of carboxylic acid groups (broad SMARTS) is 1. The van der Waals surface area contributed by atoms with Gasteiger partial charge in [-0.15, -0.1) is 0 Å². The van der Waals surface area contributed by atoms with Crippen molar-refractivity contribution >= 4 is 52.9 Å². The third-order valence-corrected chi connectivity index (χ3v) is 16.9. The van der Waals surface area contributed by atoms with Crippen LogP contribution in [0, 0.1) is 53.6 Å². The molecular weight excluding hydrogens is 1470 g/mol. The Morgan fingerprint density at radius 2 is 0.929 bits per heavy atom. The first-order chi connectivity index (χ1) is 45.7. The molecule has 0 saturated carbocycles. The van der Waals surface area contributed by atoms with Crippen molar-refractivity contribution < 1.29 is 168 Å². The van der Waals surface area contributed by atoms with Crippen molar-refractivity contribution in [3.05, 3.63) is 191 Å². The molecule has 2 saturated heterocycles. The van der Waals surface area contributed by atoms with Crippen molar-refractivity contribution in [3.63, 3.8) is 0 Å². The van der Waals surface area contributed by atoms with Crippen LogP contribution in [-0.2, 0) is 66.0 Å². The number of benzene rings is 5. The van der Waals surface area contributed by atoms with E-state index in [4.69, 9.17) is 31.9 Å². The van der Waals surface area contributed by atoms with Crippen LogP contribution in [0.25, 0.3) is 0 Å². The number of carbonyl (C=O) groups is 4. The van der Waals surface area contributed by atoms with Crippen LogP contribution in [-0.4, -0.2) is 163 Å². The summed E-state index contributed by atoms with van der Waals surface area (Å²) < 4.78 is 96.8. The van der Waals surface area contributed by atoms with E-state index in [9.17, 15) is 76.6 Å². The van der Waals surface area contributed by atoms with E-state index >= 15 is 0 Å². The summed E-state index contributed by atoms with van der Waals surface area (Å²) in [6.07, 6.45) is 6.46. The molecule has 0 amide bonds. The number of alkyl halides is 2. The number of halogens is 8. The number of carboxylic acids is 1. The smallest absolute Gasteiger partial charge is 1.00 e. The van der Waals surface area contributed by atoms with Gasteiger partial charge in [0.25, 0.3) is 17.1 Å². The molecule has 5 aromatic rings. The molecule has 0 bridgehead atoms. The largest absolute Gasteiger partial charge is 1.00 e. The summed E-state index contributed by atoms with van der Waals surface area (Å²) >= 11 is 5.30. The number of nitrogens with zero attached hydrogens (tertiary/aromatic N) is 7. The van der Waals surface area contributed by atoms with E-state index in [-0.39, 0.29) is 138 Å². The van der Waals surface area contributed by atoms with E-state index < -0.39 is 76.2 Å². The van der Waals surface area contributed by atoms with E-state index in [0.29, 0.717) is 54.6 Å². The SMILES string of the molecule is C.CC[N+](C)(CCOC(=O)OCOC(=O)CCC[N+]1(Cc2ccc([N+](=O)[O-])cc2)CCCCC1)Cc1ccc(F)cc1F.C[N+](CCOC(=O)OCCl)(Cc1ccc([N+](=O)[O-])cc1)Cc1ccc(F)cc1F.O=C([O-])CCC[N+]1(Cc2ccc([N+](=O)[O-])cc2)CCCCC1.[2H]CF.[Br-].[Br-].[Na+]. The Balaban J connectivity index is 0.00000148. The summed E-state index contributed by atoms with van der Waals surface area (Å²) in [6.45, 7) is 10.7. The number of likely N-dealkylation sites (tertiary alicyclic amines) is 2. The quantitative estimate of drug-likeness (QED) is 0.00705. The molecule has 2 fully saturated rings. The molecule has 2 aliphatic heterocycles.